The van der Waals surface area contributed by atoms with Crippen LogP contribution >= 0.6 is 0 Å². The standard InChI is InChI=1S/C10H11NO4/c1-14-9-5-3-4-8(10(9)15-2)6-7-11(12)13/h3-7H,1-2H3/b7-6+. The number of rotatable bonds is 4. The lowest BCUT2D eigenvalue weighted by Gasteiger charge is -2.09. The van der Waals surface area contributed by atoms with Crippen molar-refractivity contribution in [3.63, 3.8) is 0 Å². The molecule has 0 fully saturated rings. The SMILES string of the molecule is COc1cccc(/C=C/[N+](=O)[O-])c1OC. The first-order valence-corrected chi connectivity index (χ1v) is 4.21. The van der Waals surface area contributed by atoms with Crippen LogP contribution in [0.1, 0.15) is 5.56 Å². The van der Waals surface area contributed by atoms with Gasteiger partial charge in [0, 0.05) is 11.6 Å². The molecule has 15 heavy (non-hydrogen) atoms. The van der Waals surface area contributed by atoms with Crippen molar-refractivity contribution in [2.24, 2.45) is 0 Å². The van der Waals surface area contributed by atoms with Gasteiger partial charge in [0.05, 0.1) is 19.1 Å². The average Bonchev–Trinajstić information content (AvgIpc) is 2.25. The summed E-state index contributed by atoms with van der Waals surface area (Å²) in [5.41, 5.74) is 0.605. The van der Waals surface area contributed by atoms with Crippen LogP contribution in [0.5, 0.6) is 11.5 Å². The molecule has 80 valence electrons. The highest BCUT2D eigenvalue weighted by atomic mass is 16.6. The summed E-state index contributed by atoms with van der Waals surface area (Å²) >= 11 is 0. The molecule has 0 unspecified atom stereocenters. The summed E-state index contributed by atoms with van der Waals surface area (Å²) < 4.78 is 10.2. The van der Waals surface area contributed by atoms with Crippen molar-refractivity contribution in [1.82, 2.24) is 0 Å². The lowest BCUT2D eigenvalue weighted by atomic mass is 10.2. The molecule has 5 heteroatoms. The quantitative estimate of drug-likeness (QED) is 0.561. The van der Waals surface area contributed by atoms with E-state index in [2.05, 4.69) is 0 Å². The maximum atomic E-state index is 10.2. The van der Waals surface area contributed by atoms with Gasteiger partial charge in [-0.05, 0) is 6.07 Å². The number of methoxy groups -OCH3 is 2. The summed E-state index contributed by atoms with van der Waals surface area (Å²) in [6, 6.07) is 5.17. The van der Waals surface area contributed by atoms with Crippen molar-refractivity contribution < 1.29 is 14.4 Å². The highest BCUT2D eigenvalue weighted by Gasteiger charge is 2.07. The van der Waals surface area contributed by atoms with Gasteiger partial charge < -0.3 is 9.47 Å². The van der Waals surface area contributed by atoms with E-state index in [1.165, 1.54) is 20.3 Å². The molecule has 0 spiro atoms. The van der Waals surface area contributed by atoms with Crippen LogP contribution in [0.25, 0.3) is 6.08 Å². The van der Waals surface area contributed by atoms with Gasteiger partial charge in [-0.2, -0.15) is 0 Å². The first kappa shape index (κ1) is 11.0. The van der Waals surface area contributed by atoms with Gasteiger partial charge in [0.15, 0.2) is 11.5 Å². The van der Waals surface area contributed by atoms with Crippen LogP contribution in [-0.4, -0.2) is 19.1 Å². The third-order valence-electron chi connectivity index (χ3n) is 1.81. The molecule has 1 aromatic carbocycles. The van der Waals surface area contributed by atoms with E-state index in [9.17, 15) is 10.1 Å². The number of nitro groups is 1. The Morgan fingerprint density at radius 3 is 2.60 bits per heavy atom. The van der Waals surface area contributed by atoms with Crippen LogP contribution in [-0.2, 0) is 0 Å². The fourth-order valence-electron chi connectivity index (χ4n) is 1.18. The second kappa shape index (κ2) is 4.99. The summed E-state index contributed by atoms with van der Waals surface area (Å²) in [4.78, 5) is 9.64. The van der Waals surface area contributed by atoms with E-state index in [1.807, 2.05) is 0 Å². The van der Waals surface area contributed by atoms with Gasteiger partial charge in [-0.15, -0.1) is 0 Å². The maximum absolute atomic E-state index is 10.2. The van der Waals surface area contributed by atoms with E-state index in [4.69, 9.17) is 9.47 Å². The average molecular weight is 209 g/mol. The van der Waals surface area contributed by atoms with E-state index in [0.29, 0.717) is 17.1 Å². The molecule has 0 atom stereocenters. The normalized spacial score (nSPS) is 10.3. The van der Waals surface area contributed by atoms with Crippen molar-refractivity contribution >= 4 is 6.08 Å². The topological polar surface area (TPSA) is 61.6 Å². The third kappa shape index (κ3) is 2.70. The molecule has 5 nitrogen and oxygen atoms in total. The lowest BCUT2D eigenvalue weighted by Crippen LogP contribution is -1.93. The predicted octanol–water partition coefficient (Wildman–Crippen LogP) is 1.95. The van der Waals surface area contributed by atoms with E-state index in [1.54, 1.807) is 18.2 Å². The Balaban J connectivity index is 3.11. The summed E-state index contributed by atoms with van der Waals surface area (Å²) in [6.07, 6.45) is 2.22. The molecule has 0 aromatic heterocycles. The molecule has 0 N–H and O–H groups in total. The Morgan fingerprint density at radius 2 is 2.07 bits per heavy atom. The Labute approximate surface area is 87.1 Å². The highest BCUT2D eigenvalue weighted by molar-refractivity contribution is 5.61. The summed E-state index contributed by atoms with van der Waals surface area (Å²) in [5.74, 6) is 1.03. The first-order chi connectivity index (χ1) is 7.19. The summed E-state index contributed by atoms with van der Waals surface area (Å²) in [5, 5.41) is 10.2. The number of benzene rings is 1. The van der Waals surface area contributed by atoms with Crippen molar-refractivity contribution in [3.8, 4) is 11.5 Å². The van der Waals surface area contributed by atoms with Gasteiger partial charge in [0.1, 0.15) is 0 Å². The lowest BCUT2D eigenvalue weighted by molar-refractivity contribution is -0.400. The molecule has 0 aliphatic heterocycles. The molecule has 1 rings (SSSR count). The fourth-order valence-corrected chi connectivity index (χ4v) is 1.18. The monoisotopic (exact) mass is 209 g/mol. The smallest absolute Gasteiger partial charge is 0.235 e. The van der Waals surface area contributed by atoms with Gasteiger partial charge in [-0.1, -0.05) is 12.1 Å². The van der Waals surface area contributed by atoms with Crippen molar-refractivity contribution in [2.45, 2.75) is 0 Å². The van der Waals surface area contributed by atoms with Gasteiger partial charge in [0.2, 0.25) is 6.20 Å². The van der Waals surface area contributed by atoms with Gasteiger partial charge >= 0.3 is 0 Å². The number of ether oxygens (including phenoxy) is 2. The van der Waals surface area contributed by atoms with E-state index >= 15 is 0 Å². The zero-order valence-corrected chi connectivity index (χ0v) is 8.47. The zero-order valence-electron chi connectivity index (χ0n) is 8.47. The summed E-state index contributed by atoms with van der Waals surface area (Å²) in [7, 11) is 3.00. The zero-order chi connectivity index (χ0) is 11.3. The molecule has 0 heterocycles. The molecule has 0 aliphatic rings. The maximum Gasteiger partial charge on any atom is 0.235 e. The van der Waals surface area contributed by atoms with Crippen molar-refractivity contribution in [3.05, 3.63) is 40.1 Å². The molecule has 0 radical (unpaired) electrons. The molecular formula is C10H11NO4. The minimum Gasteiger partial charge on any atom is -0.493 e. The molecule has 0 bridgehead atoms. The molecule has 0 amide bonds. The minimum atomic E-state index is -0.529. The largest absolute Gasteiger partial charge is 0.493 e. The van der Waals surface area contributed by atoms with Crippen molar-refractivity contribution in [2.75, 3.05) is 14.2 Å². The predicted molar refractivity (Wildman–Crippen MR) is 55.6 cm³/mol. The van der Waals surface area contributed by atoms with Crippen LogP contribution in [0.2, 0.25) is 0 Å². The second-order valence-electron chi connectivity index (χ2n) is 2.68. The van der Waals surface area contributed by atoms with E-state index in [0.717, 1.165) is 6.20 Å². The second-order valence-corrected chi connectivity index (χ2v) is 2.68. The fraction of sp³-hybridized carbons (Fsp3) is 0.200. The first-order valence-electron chi connectivity index (χ1n) is 4.21. The Bertz CT molecular complexity index is 387. The van der Waals surface area contributed by atoms with E-state index < -0.39 is 4.92 Å². The van der Waals surface area contributed by atoms with Gasteiger partial charge in [-0.3, -0.25) is 10.1 Å². The van der Waals surface area contributed by atoms with Crippen molar-refractivity contribution in [1.29, 1.82) is 0 Å². The number of nitrogens with zero attached hydrogens (tertiary/aromatic N) is 1. The van der Waals surface area contributed by atoms with Crippen LogP contribution < -0.4 is 9.47 Å². The third-order valence-corrected chi connectivity index (χ3v) is 1.81. The van der Waals surface area contributed by atoms with Gasteiger partial charge in [0.25, 0.3) is 0 Å². The molecule has 1 aromatic rings. The van der Waals surface area contributed by atoms with Gasteiger partial charge in [-0.25, -0.2) is 0 Å². The van der Waals surface area contributed by atoms with Crippen LogP contribution in [0, 0.1) is 10.1 Å². The number of hydrogen-bond donors (Lipinski definition) is 0. The van der Waals surface area contributed by atoms with Crippen LogP contribution in [0.3, 0.4) is 0 Å². The van der Waals surface area contributed by atoms with E-state index in [-0.39, 0.29) is 0 Å². The van der Waals surface area contributed by atoms with Crippen LogP contribution in [0.4, 0.5) is 0 Å². The Kier molecular flexibility index (Phi) is 3.68. The molecule has 0 saturated carbocycles. The summed E-state index contributed by atoms with van der Waals surface area (Å²) in [6.45, 7) is 0. The minimum absolute atomic E-state index is 0.484. The highest BCUT2D eigenvalue weighted by Crippen LogP contribution is 2.31. The van der Waals surface area contributed by atoms with Crippen LogP contribution in [0.15, 0.2) is 24.4 Å². The Hall–Kier alpha value is -2.04. The molecule has 0 aliphatic carbocycles. The Morgan fingerprint density at radius 1 is 1.33 bits per heavy atom. The number of hydrogen-bond acceptors (Lipinski definition) is 4. The number of para-hydroxylation sites is 1. The molecule has 0 saturated heterocycles. The molecular weight excluding hydrogens is 198 g/mol.